The highest BCUT2D eigenvalue weighted by molar-refractivity contribution is 7.52. The molecule has 7 rings (SSSR count). The number of nitrogens with zero attached hydrogens (tertiary/aromatic N) is 1. The maximum absolute atomic E-state index is 11.8. The van der Waals surface area contributed by atoms with Crippen LogP contribution in [0.25, 0.3) is 65.6 Å². The molecule has 1 atom stereocenters. The van der Waals surface area contributed by atoms with Crippen LogP contribution in [0.15, 0.2) is 121 Å². The van der Waals surface area contributed by atoms with Crippen LogP contribution in [-0.2, 0) is 4.57 Å². The van der Waals surface area contributed by atoms with Gasteiger partial charge in [0.25, 0.3) is 0 Å². The first-order valence-corrected chi connectivity index (χ1v) is 14.1. The summed E-state index contributed by atoms with van der Waals surface area (Å²) >= 11 is 0. The van der Waals surface area contributed by atoms with Gasteiger partial charge in [0, 0.05) is 27.1 Å². The second-order valence-electron chi connectivity index (χ2n) is 9.47. The molecular weight excluding hydrogens is 469 g/mol. The monoisotopic (exact) mass is 492 g/mol. The van der Waals surface area contributed by atoms with E-state index in [1.165, 1.54) is 32.7 Å². The number of pyridine rings is 1. The highest BCUT2D eigenvalue weighted by Crippen LogP contribution is 2.40. The van der Waals surface area contributed by atoms with Crippen molar-refractivity contribution in [3.63, 3.8) is 0 Å². The molecule has 0 fully saturated rings. The van der Waals surface area contributed by atoms with Crippen LogP contribution in [0.2, 0.25) is 0 Å². The summed E-state index contributed by atoms with van der Waals surface area (Å²) in [7, 11) is -1.33. The average Bonchev–Trinajstić information content (AvgIpc) is 2.96. The first kappa shape index (κ1) is 21.9. The van der Waals surface area contributed by atoms with E-state index in [4.69, 9.17) is 4.98 Å². The second-order valence-corrected chi connectivity index (χ2v) is 11.0. The molecule has 0 amide bonds. The van der Waals surface area contributed by atoms with Gasteiger partial charge >= 0.3 is 7.80 Å². The van der Waals surface area contributed by atoms with E-state index in [1.807, 2.05) is 12.1 Å². The zero-order valence-corrected chi connectivity index (χ0v) is 21.2. The Kier molecular flexibility index (Phi) is 5.09. The molecule has 1 heterocycles. The quantitative estimate of drug-likeness (QED) is 0.140. The molecule has 0 saturated heterocycles. The molecule has 0 aliphatic heterocycles. The summed E-state index contributed by atoms with van der Waals surface area (Å²) in [5.41, 5.74) is 6.70. The zero-order chi connectivity index (χ0) is 24.9. The summed E-state index contributed by atoms with van der Waals surface area (Å²) in [6.07, 6.45) is 0. The molecule has 1 aromatic heterocycles. The smallest absolute Gasteiger partial charge is 0.246 e. The average molecular weight is 493 g/mol. The van der Waals surface area contributed by atoms with Gasteiger partial charge in [0.15, 0.2) is 5.30 Å². The first-order valence-electron chi connectivity index (χ1n) is 12.4. The molecule has 0 N–H and O–H groups in total. The van der Waals surface area contributed by atoms with Crippen molar-refractivity contribution in [3.05, 3.63) is 121 Å². The molecule has 0 aliphatic rings. The van der Waals surface area contributed by atoms with Crippen molar-refractivity contribution in [2.24, 2.45) is 0 Å². The summed E-state index contributed by atoms with van der Waals surface area (Å²) in [6, 6.07) is 42.6. The predicted molar refractivity (Wildman–Crippen MR) is 158 cm³/mol. The van der Waals surface area contributed by atoms with Crippen molar-refractivity contribution in [1.29, 1.82) is 0 Å². The lowest BCUT2D eigenvalue weighted by Crippen LogP contribution is -1.94. The van der Waals surface area contributed by atoms with Gasteiger partial charge < -0.3 is 0 Å². The minimum atomic E-state index is -1.33. The second kappa shape index (κ2) is 8.62. The molecule has 7 aromatic rings. The Morgan fingerprint density at radius 1 is 0.486 bits per heavy atom. The van der Waals surface area contributed by atoms with E-state index >= 15 is 0 Å². The topological polar surface area (TPSA) is 30.0 Å². The van der Waals surface area contributed by atoms with E-state index in [9.17, 15) is 4.57 Å². The van der Waals surface area contributed by atoms with Crippen molar-refractivity contribution in [3.8, 4) is 22.3 Å². The van der Waals surface area contributed by atoms with Crippen molar-refractivity contribution in [1.82, 2.24) is 4.98 Å². The fourth-order valence-corrected chi connectivity index (χ4v) is 5.98. The van der Waals surface area contributed by atoms with Crippen molar-refractivity contribution < 1.29 is 4.57 Å². The fraction of sp³-hybridized carbons (Fsp3) is 0.0294. The minimum absolute atomic E-state index is 0.879. The van der Waals surface area contributed by atoms with E-state index in [0.717, 1.165) is 38.2 Å². The Hall–Kier alpha value is -4.39. The molecule has 37 heavy (non-hydrogen) atoms. The van der Waals surface area contributed by atoms with Gasteiger partial charge in [0.2, 0.25) is 0 Å². The van der Waals surface area contributed by atoms with Gasteiger partial charge in [-0.1, -0.05) is 102 Å². The normalized spacial score (nSPS) is 12.0. The fourth-order valence-electron chi connectivity index (χ4n) is 5.42. The minimum Gasteiger partial charge on any atom is -0.246 e. The van der Waals surface area contributed by atoms with Gasteiger partial charge in [-0.2, -0.15) is 0 Å². The number of hydrogen-bond donors (Lipinski definition) is 0. The van der Waals surface area contributed by atoms with Crippen LogP contribution in [-0.4, -0.2) is 11.6 Å². The standard InChI is InChI=1S/C34H23NOP/c1-37(36)27-18-14-23(15-19-27)22-10-12-26(13-11-22)32-30-20-16-24-6-2-4-8-28(24)33(30)35-34-29-9-5-3-7-25(29)17-21-31(32)34/h2-21H,1H3/q+1. The predicted octanol–water partition coefficient (Wildman–Crippen LogP) is 9.11. The molecule has 1 unspecified atom stereocenters. The summed E-state index contributed by atoms with van der Waals surface area (Å²) in [4.78, 5) is 5.28. The van der Waals surface area contributed by atoms with Crippen LogP contribution in [0.3, 0.4) is 0 Å². The largest absolute Gasteiger partial charge is 0.373 e. The molecule has 6 aromatic carbocycles. The van der Waals surface area contributed by atoms with Crippen LogP contribution in [0.1, 0.15) is 0 Å². The van der Waals surface area contributed by atoms with Gasteiger partial charge in [0.1, 0.15) is 6.66 Å². The molecule has 0 aliphatic carbocycles. The molecule has 0 bridgehead atoms. The molecular formula is C34H23NOP+. The van der Waals surface area contributed by atoms with Gasteiger partial charge in [-0.25, -0.2) is 4.98 Å². The Morgan fingerprint density at radius 2 is 0.946 bits per heavy atom. The van der Waals surface area contributed by atoms with E-state index in [2.05, 4.69) is 109 Å². The number of aromatic nitrogens is 1. The number of rotatable bonds is 3. The maximum atomic E-state index is 11.8. The molecule has 3 heteroatoms. The SMILES string of the molecule is C[P+](=O)c1ccc(-c2ccc(-c3c4ccc5ccccc5c4nc4c3ccc3ccccc34)cc2)cc1. The molecule has 0 saturated carbocycles. The van der Waals surface area contributed by atoms with Crippen molar-refractivity contribution >= 4 is 56.5 Å². The van der Waals surface area contributed by atoms with E-state index in [1.54, 1.807) is 6.66 Å². The highest BCUT2D eigenvalue weighted by Gasteiger charge is 2.16. The number of fused-ring (bicyclic) bond motifs is 6. The van der Waals surface area contributed by atoms with Gasteiger partial charge in [-0.15, -0.1) is 0 Å². The molecule has 2 nitrogen and oxygen atoms in total. The summed E-state index contributed by atoms with van der Waals surface area (Å²) in [5.74, 6) is 0. The summed E-state index contributed by atoms with van der Waals surface area (Å²) in [6.45, 7) is 1.74. The van der Waals surface area contributed by atoms with Gasteiger partial charge in [-0.3, -0.25) is 0 Å². The number of benzene rings is 6. The third-order valence-corrected chi connectivity index (χ3v) is 8.33. The molecule has 0 spiro atoms. The van der Waals surface area contributed by atoms with Crippen LogP contribution in [0.5, 0.6) is 0 Å². The Bertz CT molecular complexity index is 1900. The lowest BCUT2D eigenvalue weighted by molar-refractivity contribution is 0.596. The first-order chi connectivity index (χ1) is 18.2. The van der Waals surface area contributed by atoms with Gasteiger partial charge in [-0.05, 0) is 51.7 Å². The van der Waals surface area contributed by atoms with E-state index in [-0.39, 0.29) is 0 Å². The maximum Gasteiger partial charge on any atom is 0.373 e. The summed E-state index contributed by atoms with van der Waals surface area (Å²) < 4.78 is 11.8. The highest BCUT2D eigenvalue weighted by atomic mass is 31.1. The van der Waals surface area contributed by atoms with Crippen LogP contribution < -0.4 is 5.30 Å². The van der Waals surface area contributed by atoms with Crippen molar-refractivity contribution in [2.75, 3.05) is 6.66 Å². The molecule has 174 valence electrons. The van der Waals surface area contributed by atoms with Crippen molar-refractivity contribution in [2.45, 2.75) is 0 Å². The summed E-state index contributed by atoms with van der Waals surface area (Å²) in [5, 5.41) is 7.92. The van der Waals surface area contributed by atoms with E-state index in [0.29, 0.717) is 0 Å². The van der Waals surface area contributed by atoms with E-state index < -0.39 is 7.80 Å². The van der Waals surface area contributed by atoms with Crippen LogP contribution in [0.4, 0.5) is 0 Å². The molecule has 0 radical (unpaired) electrons. The lowest BCUT2D eigenvalue weighted by atomic mass is 9.91. The van der Waals surface area contributed by atoms with Crippen LogP contribution >= 0.6 is 7.80 Å². The third kappa shape index (κ3) is 3.61. The number of hydrogen-bond acceptors (Lipinski definition) is 2. The Labute approximate surface area is 216 Å². The van der Waals surface area contributed by atoms with Gasteiger partial charge in [0.05, 0.1) is 11.0 Å². The third-order valence-electron chi connectivity index (χ3n) is 7.30. The van der Waals surface area contributed by atoms with Crippen LogP contribution in [0, 0.1) is 0 Å². The Balaban J connectivity index is 1.50. The lowest BCUT2D eigenvalue weighted by Gasteiger charge is -2.15. The zero-order valence-electron chi connectivity index (χ0n) is 20.3. The Morgan fingerprint density at radius 3 is 1.46 bits per heavy atom.